The Labute approximate surface area is 174 Å². The minimum atomic E-state index is -0.265. The van der Waals surface area contributed by atoms with Crippen LogP contribution >= 0.6 is 11.3 Å². The largest absolute Gasteiger partial charge is 0.493 e. The van der Waals surface area contributed by atoms with E-state index < -0.39 is 0 Å². The molecule has 0 saturated heterocycles. The third-order valence-electron chi connectivity index (χ3n) is 3.82. The van der Waals surface area contributed by atoms with Crippen molar-refractivity contribution in [2.45, 2.75) is 19.8 Å². The SMILES string of the molecule is CCCOc1ccccc1/C=C/C(=O)Nc1nnc(CCOc2ccccc2)s1. The van der Waals surface area contributed by atoms with E-state index in [0.29, 0.717) is 24.8 Å². The third-order valence-corrected chi connectivity index (χ3v) is 4.72. The second-order valence-electron chi connectivity index (χ2n) is 6.12. The molecule has 1 N–H and O–H groups in total. The van der Waals surface area contributed by atoms with Gasteiger partial charge in [0.25, 0.3) is 0 Å². The lowest BCUT2D eigenvalue weighted by atomic mass is 10.2. The molecule has 2 aromatic carbocycles. The quantitative estimate of drug-likeness (QED) is 0.496. The van der Waals surface area contributed by atoms with Crippen molar-refractivity contribution in [2.75, 3.05) is 18.5 Å². The summed E-state index contributed by atoms with van der Waals surface area (Å²) in [5.41, 5.74) is 0.854. The fourth-order valence-electron chi connectivity index (χ4n) is 2.45. The van der Waals surface area contributed by atoms with Crippen molar-refractivity contribution in [1.29, 1.82) is 0 Å². The Morgan fingerprint density at radius 1 is 1.03 bits per heavy atom. The molecular formula is C22H23N3O3S. The minimum Gasteiger partial charge on any atom is -0.493 e. The van der Waals surface area contributed by atoms with Gasteiger partial charge in [-0.1, -0.05) is 54.7 Å². The van der Waals surface area contributed by atoms with Crippen molar-refractivity contribution in [2.24, 2.45) is 0 Å². The molecule has 0 atom stereocenters. The number of amides is 1. The molecule has 0 spiro atoms. The maximum Gasteiger partial charge on any atom is 0.250 e. The average molecular weight is 410 g/mol. The second-order valence-corrected chi connectivity index (χ2v) is 7.18. The van der Waals surface area contributed by atoms with Gasteiger partial charge in [0, 0.05) is 18.1 Å². The smallest absolute Gasteiger partial charge is 0.250 e. The molecule has 3 rings (SSSR count). The highest BCUT2D eigenvalue weighted by Gasteiger charge is 2.07. The lowest BCUT2D eigenvalue weighted by Gasteiger charge is -2.07. The highest BCUT2D eigenvalue weighted by molar-refractivity contribution is 7.15. The molecule has 150 valence electrons. The van der Waals surface area contributed by atoms with E-state index in [1.807, 2.05) is 54.6 Å². The summed E-state index contributed by atoms with van der Waals surface area (Å²) in [5.74, 6) is 1.31. The summed E-state index contributed by atoms with van der Waals surface area (Å²) in [4.78, 5) is 12.2. The zero-order chi connectivity index (χ0) is 20.3. The summed E-state index contributed by atoms with van der Waals surface area (Å²) in [6, 6.07) is 17.2. The van der Waals surface area contributed by atoms with Crippen LogP contribution in [0.1, 0.15) is 23.9 Å². The van der Waals surface area contributed by atoms with Gasteiger partial charge in [-0.05, 0) is 30.7 Å². The Balaban J connectivity index is 1.49. The Bertz CT molecular complexity index is 941. The Kier molecular flexibility index (Phi) is 7.77. The number of rotatable bonds is 10. The molecule has 0 saturated carbocycles. The van der Waals surface area contributed by atoms with E-state index in [0.717, 1.165) is 28.5 Å². The van der Waals surface area contributed by atoms with E-state index in [4.69, 9.17) is 9.47 Å². The molecule has 29 heavy (non-hydrogen) atoms. The summed E-state index contributed by atoms with van der Waals surface area (Å²) < 4.78 is 11.4. The van der Waals surface area contributed by atoms with Gasteiger partial charge in [0.15, 0.2) is 0 Å². The van der Waals surface area contributed by atoms with E-state index in [1.54, 1.807) is 6.08 Å². The van der Waals surface area contributed by atoms with Crippen LogP contribution in [-0.4, -0.2) is 29.3 Å². The summed E-state index contributed by atoms with van der Waals surface area (Å²) in [6.07, 6.45) is 4.75. The van der Waals surface area contributed by atoms with Crippen LogP contribution in [0, 0.1) is 0 Å². The van der Waals surface area contributed by atoms with Crippen LogP contribution in [0.3, 0.4) is 0 Å². The number of anilines is 1. The summed E-state index contributed by atoms with van der Waals surface area (Å²) in [5, 5.41) is 12.1. The number of nitrogens with zero attached hydrogens (tertiary/aromatic N) is 2. The maximum absolute atomic E-state index is 12.2. The number of carbonyl (C=O) groups excluding carboxylic acids is 1. The molecule has 6 nitrogen and oxygen atoms in total. The van der Waals surface area contributed by atoms with Gasteiger partial charge in [0.2, 0.25) is 11.0 Å². The first-order chi connectivity index (χ1) is 14.2. The Hall–Kier alpha value is -3.19. The van der Waals surface area contributed by atoms with Crippen molar-refractivity contribution in [1.82, 2.24) is 10.2 Å². The zero-order valence-electron chi connectivity index (χ0n) is 16.2. The number of hydrogen-bond acceptors (Lipinski definition) is 6. The van der Waals surface area contributed by atoms with Gasteiger partial charge >= 0.3 is 0 Å². The van der Waals surface area contributed by atoms with E-state index in [9.17, 15) is 4.79 Å². The van der Waals surface area contributed by atoms with Gasteiger partial charge < -0.3 is 9.47 Å². The van der Waals surface area contributed by atoms with Crippen molar-refractivity contribution < 1.29 is 14.3 Å². The molecule has 0 unspecified atom stereocenters. The number of ether oxygens (including phenoxy) is 2. The monoisotopic (exact) mass is 409 g/mol. The van der Waals surface area contributed by atoms with Crippen molar-refractivity contribution in [3.63, 3.8) is 0 Å². The van der Waals surface area contributed by atoms with Crippen LogP contribution in [0.15, 0.2) is 60.7 Å². The predicted octanol–water partition coefficient (Wildman–Crippen LogP) is 4.60. The van der Waals surface area contributed by atoms with Crippen LogP contribution in [0.4, 0.5) is 5.13 Å². The van der Waals surface area contributed by atoms with E-state index in [-0.39, 0.29) is 5.91 Å². The number of aromatic nitrogens is 2. The highest BCUT2D eigenvalue weighted by atomic mass is 32.1. The summed E-state index contributed by atoms with van der Waals surface area (Å²) in [7, 11) is 0. The summed E-state index contributed by atoms with van der Waals surface area (Å²) in [6.45, 7) is 3.19. The molecule has 0 bridgehead atoms. The summed E-state index contributed by atoms with van der Waals surface area (Å²) >= 11 is 1.34. The number of carbonyl (C=O) groups is 1. The normalized spacial score (nSPS) is 10.8. The van der Waals surface area contributed by atoms with E-state index >= 15 is 0 Å². The fraction of sp³-hybridized carbons (Fsp3) is 0.227. The fourth-order valence-corrected chi connectivity index (χ4v) is 3.18. The molecule has 1 amide bonds. The lowest BCUT2D eigenvalue weighted by molar-refractivity contribution is -0.111. The van der Waals surface area contributed by atoms with Gasteiger partial charge in [-0.25, -0.2) is 0 Å². The Morgan fingerprint density at radius 2 is 1.83 bits per heavy atom. The van der Waals surface area contributed by atoms with Gasteiger partial charge in [0.1, 0.15) is 16.5 Å². The molecule has 0 aliphatic heterocycles. The molecule has 3 aromatic rings. The third kappa shape index (κ3) is 6.73. The van der Waals surface area contributed by atoms with Crippen molar-refractivity contribution in [3.8, 4) is 11.5 Å². The lowest BCUT2D eigenvalue weighted by Crippen LogP contribution is -2.07. The van der Waals surface area contributed by atoms with Gasteiger partial charge in [-0.15, -0.1) is 10.2 Å². The number of benzene rings is 2. The molecule has 0 aliphatic carbocycles. The van der Waals surface area contributed by atoms with Gasteiger partial charge in [-0.2, -0.15) is 0 Å². The van der Waals surface area contributed by atoms with Crippen LogP contribution in [0.5, 0.6) is 11.5 Å². The second kappa shape index (κ2) is 11.0. The molecular weight excluding hydrogens is 386 g/mol. The first-order valence-electron chi connectivity index (χ1n) is 9.45. The molecule has 0 aliphatic rings. The van der Waals surface area contributed by atoms with Crippen LogP contribution < -0.4 is 14.8 Å². The molecule has 7 heteroatoms. The van der Waals surface area contributed by atoms with Crippen molar-refractivity contribution in [3.05, 3.63) is 71.2 Å². The molecule has 0 fully saturated rings. The number of hydrogen-bond donors (Lipinski definition) is 1. The number of para-hydroxylation sites is 2. The Morgan fingerprint density at radius 3 is 2.66 bits per heavy atom. The predicted molar refractivity (Wildman–Crippen MR) is 115 cm³/mol. The first kappa shape index (κ1) is 20.5. The standard InChI is InChI=1S/C22H23N3O3S/c1-2-15-28-19-11-7-6-8-17(19)12-13-20(26)23-22-25-24-21(29-22)14-16-27-18-9-4-3-5-10-18/h3-13H,2,14-16H2,1H3,(H,23,25,26)/b13-12+. The van der Waals surface area contributed by atoms with Crippen LogP contribution in [-0.2, 0) is 11.2 Å². The number of nitrogens with one attached hydrogen (secondary N) is 1. The molecule has 0 radical (unpaired) electrons. The van der Waals surface area contributed by atoms with E-state index in [2.05, 4.69) is 22.4 Å². The topological polar surface area (TPSA) is 73.3 Å². The minimum absolute atomic E-state index is 0.265. The van der Waals surface area contributed by atoms with Gasteiger partial charge in [0.05, 0.1) is 13.2 Å². The van der Waals surface area contributed by atoms with Gasteiger partial charge in [-0.3, -0.25) is 10.1 Å². The van der Waals surface area contributed by atoms with Crippen LogP contribution in [0.25, 0.3) is 6.08 Å². The zero-order valence-corrected chi connectivity index (χ0v) is 17.0. The molecule has 1 heterocycles. The molecule has 1 aromatic heterocycles. The van der Waals surface area contributed by atoms with Crippen molar-refractivity contribution >= 4 is 28.5 Å². The van der Waals surface area contributed by atoms with E-state index in [1.165, 1.54) is 17.4 Å². The first-order valence-corrected chi connectivity index (χ1v) is 10.3. The maximum atomic E-state index is 12.2. The highest BCUT2D eigenvalue weighted by Crippen LogP contribution is 2.20. The average Bonchev–Trinajstić information content (AvgIpc) is 3.19. The van der Waals surface area contributed by atoms with Crippen LogP contribution in [0.2, 0.25) is 0 Å².